The van der Waals surface area contributed by atoms with E-state index in [-0.39, 0.29) is 12.6 Å². The van der Waals surface area contributed by atoms with Crippen LogP contribution in [0.15, 0.2) is 30.3 Å². The number of aliphatic carboxylic acids is 1. The minimum absolute atomic E-state index is 0.116. The number of rotatable bonds is 15. The second kappa shape index (κ2) is 19.7. The van der Waals surface area contributed by atoms with Crippen molar-refractivity contribution in [3.05, 3.63) is 35.9 Å². The summed E-state index contributed by atoms with van der Waals surface area (Å²) in [6, 6.07) is 10.8. The maximum Gasteiger partial charge on any atom is 0.314 e. The van der Waals surface area contributed by atoms with Crippen molar-refractivity contribution >= 4 is 11.9 Å². The van der Waals surface area contributed by atoms with E-state index in [0.717, 1.165) is 57.0 Å². The largest absolute Gasteiger partial charge is 0.481 e. The standard InChI is InChI=1S/C25H36O4.C8H15N/c1-2-3-4-5-6-7-8-9-10-11-12-13-17-20-24(26)29-21-23(25(27)28)22-18-15-14-16-19-22;1-9-7-3-2-4-8(9)6-5-7/h14-16,18-19,23H,2-6,9-13,17,20-21H2,1H3,(H,27,28);7-8H,2-6H2,1H3. The van der Waals surface area contributed by atoms with Gasteiger partial charge in [-0.15, -0.1) is 11.8 Å². The Kier molecular flexibility index (Phi) is 16.5. The molecule has 3 rings (SSSR count). The van der Waals surface area contributed by atoms with E-state index in [1.54, 1.807) is 24.3 Å². The number of carboxylic acid groups (broad SMARTS) is 1. The average molecular weight is 526 g/mol. The van der Waals surface area contributed by atoms with Gasteiger partial charge in [-0.2, -0.15) is 0 Å². The normalized spacial score (nSPS) is 19.0. The van der Waals surface area contributed by atoms with Crippen molar-refractivity contribution in [2.24, 2.45) is 0 Å². The predicted octanol–water partition coefficient (Wildman–Crippen LogP) is 7.74. The van der Waals surface area contributed by atoms with E-state index in [1.807, 2.05) is 6.07 Å². The fourth-order valence-corrected chi connectivity index (χ4v) is 5.45. The third-order valence-corrected chi connectivity index (χ3v) is 7.93. The van der Waals surface area contributed by atoms with E-state index >= 15 is 0 Å². The summed E-state index contributed by atoms with van der Waals surface area (Å²) in [6.45, 7) is 2.10. The molecule has 5 heteroatoms. The summed E-state index contributed by atoms with van der Waals surface area (Å²) in [5, 5.41) is 9.34. The van der Waals surface area contributed by atoms with Crippen LogP contribution in [0.25, 0.3) is 0 Å². The number of benzene rings is 1. The fraction of sp³-hybridized carbons (Fsp3) is 0.697. The van der Waals surface area contributed by atoms with E-state index in [0.29, 0.717) is 12.0 Å². The van der Waals surface area contributed by atoms with Crippen molar-refractivity contribution in [1.82, 2.24) is 4.90 Å². The number of carboxylic acids is 1. The van der Waals surface area contributed by atoms with Gasteiger partial charge in [0, 0.05) is 31.3 Å². The van der Waals surface area contributed by atoms with Gasteiger partial charge < -0.3 is 14.7 Å². The zero-order valence-corrected chi connectivity index (χ0v) is 24.0. The summed E-state index contributed by atoms with van der Waals surface area (Å²) in [6.07, 6.45) is 19.9. The molecule has 2 aliphatic rings. The molecule has 5 nitrogen and oxygen atoms in total. The van der Waals surface area contributed by atoms with Crippen LogP contribution in [0.2, 0.25) is 0 Å². The first kappa shape index (κ1) is 31.9. The maximum absolute atomic E-state index is 11.9. The Balaban J connectivity index is 0.000000464. The number of unbranched alkanes of at least 4 members (excludes halogenated alkanes) is 9. The Labute approximate surface area is 231 Å². The van der Waals surface area contributed by atoms with Gasteiger partial charge in [0.05, 0.1) is 0 Å². The molecule has 2 saturated heterocycles. The number of hydrogen-bond donors (Lipinski definition) is 1. The molecule has 2 heterocycles. The summed E-state index contributed by atoms with van der Waals surface area (Å²) in [7, 11) is 2.29. The van der Waals surface area contributed by atoms with Gasteiger partial charge in [-0.1, -0.05) is 82.2 Å². The molecule has 1 aromatic carbocycles. The molecule has 1 N–H and O–H groups in total. The number of ether oxygens (including phenoxy) is 1. The Hall–Kier alpha value is -2.32. The second-order valence-corrected chi connectivity index (χ2v) is 10.9. The Morgan fingerprint density at radius 3 is 2.05 bits per heavy atom. The lowest BCUT2D eigenvalue weighted by Crippen LogP contribution is -2.35. The zero-order chi connectivity index (χ0) is 27.4. The topological polar surface area (TPSA) is 66.8 Å². The van der Waals surface area contributed by atoms with Crippen LogP contribution in [0.3, 0.4) is 0 Å². The van der Waals surface area contributed by atoms with Crippen LogP contribution in [0.1, 0.15) is 128 Å². The molecule has 2 bridgehead atoms. The highest BCUT2D eigenvalue weighted by molar-refractivity contribution is 5.77. The lowest BCUT2D eigenvalue weighted by Gasteiger charge is -2.30. The van der Waals surface area contributed by atoms with Gasteiger partial charge in [-0.05, 0) is 57.6 Å². The molecule has 0 saturated carbocycles. The first-order chi connectivity index (χ1) is 18.5. The molecule has 212 valence electrons. The number of carbonyl (C=O) groups is 2. The quantitative estimate of drug-likeness (QED) is 0.144. The van der Waals surface area contributed by atoms with Gasteiger partial charge >= 0.3 is 11.9 Å². The molecule has 1 aromatic rings. The summed E-state index contributed by atoms with van der Waals surface area (Å²) >= 11 is 0. The van der Waals surface area contributed by atoms with Crippen LogP contribution in [-0.2, 0) is 14.3 Å². The van der Waals surface area contributed by atoms with Gasteiger partial charge in [0.15, 0.2) is 0 Å². The summed E-state index contributed by atoms with van der Waals surface area (Å²) in [4.78, 5) is 25.9. The predicted molar refractivity (Wildman–Crippen MR) is 155 cm³/mol. The molecular formula is C33H51NO4. The molecular weight excluding hydrogens is 474 g/mol. The number of nitrogens with zero attached hydrogens (tertiary/aromatic N) is 1. The highest BCUT2D eigenvalue weighted by atomic mass is 16.5. The average Bonchev–Trinajstić information content (AvgIpc) is 3.10. The van der Waals surface area contributed by atoms with Crippen molar-refractivity contribution < 1.29 is 19.4 Å². The van der Waals surface area contributed by atoms with Crippen LogP contribution in [0, 0.1) is 11.8 Å². The van der Waals surface area contributed by atoms with Crippen molar-refractivity contribution in [1.29, 1.82) is 0 Å². The number of piperidine rings is 1. The number of esters is 1. The highest BCUT2D eigenvalue weighted by Crippen LogP contribution is 2.33. The highest BCUT2D eigenvalue weighted by Gasteiger charge is 2.33. The molecule has 0 spiro atoms. The molecule has 0 aliphatic carbocycles. The third kappa shape index (κ3) is 13.0. The molecule has 2 fully saturated rings. The van der Waals surface area contributed by atoms with Gasteiger partial charge in [0.25, 0.3) is 0 Å². The SMILES string of the molecule is CCCCCCC#CCCCCCCCC(=O)OCC(C(=O)O)c1ccccc1.CN1C2CCCC1CC2. The fourth-order valence-electron chi connectivity index (χ4n) is 5.45. The molecule has 0 aromatic heterocycles. The smallest absolute Gasteiger partial charge is 0.314 e. The van der Waals surface area contributed by atoms with Crippen LogP contribution < -0.4 is 0 Å². The molecule has 0 radical (unpaired) electrons. The van der Waals surface area contributed by atoms with Crippen LogP contribution in [-0.4, -0.2) is 47.7 Å². The maximum atomic E-state index is 11.9. The molecule has 38 heavy (non-hydrogen) atoms. The summed E-state index contributed by atoms with van der Waals surface area (Å²) < 4.78 is 5.19. The van der Waals surface area contributed by atoms with Gasteiger partial charge in [-0.3, -0.25) is 9.59 Å². The van der Waals surface area contributed by atoms with E-state index < -0.39 is 11.9 Å². The molecule has 3 atom stereocenters. The van der Waals surface area contributed by atoms with Gasteiger partial charge in [0.2, 0.25) is 0 Å². The summed E-state index contributed by atoms with van der Waals surface area (Å²) in [5.74, 6) is 4.39. The minimum atomic E-state index is -0.979. The minimum Gasteiger partial charge on any atom is -0.481 e. The second-order valence-electron chi connectivity index (χ2n) is 10.9. The van der Waals surface area contributed by atoms with Crippen LogP contribution in [0.4, 0.5) is 0 Å². The molecule has 3 unspecified atom stereocenters. The lowest BCUT2D eigenvalue weighted by molar-refractivity contribution is -0.148. The Morgan fingerprint density at radius 1 is 0.895 bits per heavy atom. The van der Waals surface area contributed by atoms with E-state index in [2.05, 4.69) is 30.7 Å². The summed E-state index contributed by atoms with van der Waals surface area (Å²) in [5.41, 5.74) is 0.650. The first-order valence-electron chi connectivity index (χ1n) is 15.1. The van der Waals surface area contributed by atoms with Gasteiger partial charge in [-0.25, -0.2) is 0 Å². The lowest BCUT2D eigenvalue weighted by atomic mass is 10.0. The number of hydrogen-bond acceptors (Lipinski definition) is 4. The van der Waals surface area contributed by atoms with Crippen molar-refractivity contribution in [2.75, 3.05) is 13.7 Å². The molecule has 2 aliphatic heterocycles. The third-order valence-electron chi connectivity index (χ3n) is 7.93. The van der Waals surface area contributed by atoms with Crippen molar-refractivity contribution in [3.8, 4) is 11.8 Å². The monoisotopic (exact) mass is 525 g/mol. The number of fused-ring (bicyclic) bond motifs is 2. The van der Waals surface area contributed by atoms with Crippen LogP contribution in [0.5, 0.6) is 0 Å². The van der Waals surface area contributed by atoms with Crippen molar-refractivity contribution in [3.63, 3.8) is 0 Å². The zero-order valence-electron chi connectivity index (χ0n) is 24.0. The Bertz CT molecular complexity index is 828. The van der Waals surface area contributed by atoms with Crippen molar-refractivity contribution in [2.45, 2.75) is 134 Å². The van der Waals surface area contributed by atoms with Crippen LogP contribution >= 0.6 is 0 Å². The van der Waals surface area contributed by atoms with E-state index in [1.165, 1.54) is 57.8 Å². The molecule has 0 amide bonds. The van der Waals surface area contributed by atoms with Gasteiger partial charge in [0.1, 0.15) is 12.5 Å². The van der Waals surface area contributed by atoms with E-state index in [4.69, 9.17) is 4.74 Å². The van der Waals surface area contributed by atoms with E-state index in [9.17, 15) is 14.7 Å². The number of carbonyl (C=O) groups excluding carboxylic acids is 1. The first-order valence-corrected chi connectivity index (χ1v) is 15.1. The Morgan fingerprint density at radius 2 is 1.47 bits per heavy atom.